The Morgan fingerprint density at radius 3 is 2.46 bits per heavy atom. The first-order valence-corrected chi connectivity index (χ1v) is 15.1. The number of carbonyl (C=O) groups is 3. The fraction of sp³-hybridized carbons (Fsp3) is 0.250. The predicted octanol–water partition coefficient (Wildman–Crippen LogP) is 5.50. The molecule has 1 saturated heterocycles. The highest BCUT2D eigenvalue weighted by atomic mass is 35.5. The van der Waals surface area contributed by atoms with Gasteiger partial charge in [0.25, 0.3) is 5.91 Å². The molecule has 5 rings (SSSR count). The van der Waals surface area contributed by atoms with E-state index in [4.69, 9.17) is 16.7 Å². The summed E-state index contributed by atoms with van der Waals surface area (Å²) in [6, 6.07) is 15.3. The number of hydrogen-bond acceptors (Lipinski definition) is 8. The summed E-state index contributed by atoms with van der Waals surface area (Å²) in [5.74, 6) is -2.22. The van der Waals surface area contributed by atoms with Crippen LogP contribution in [0.5, 0.6) is 0 Å². The molecule has 3 N–H and O–H groups in total. The monoisotopic (exact) mass is 683 g/mol. The number of nitrogens with zero attached hydrogens (tertiary/aromatic N) is 6. The number of carbonyl (C=O) groups excluding carboxylic acids is 2. The molecular formula is C32H29ClF3N7O5. The summed E-state index contributed by atoms with van der Waals surface area (Å²) in [5.41, 5.74) is 2.79. The molecule has 0 spiro atoms. The Hall–Kier alpha value is -5.28. The van der Waals surface area contributed by atoms with Crippen molar-refractivity contribution >= 4 is 47.1 Å². The second-order valence-corrected chi connectivity index (χ2v) is 11.3. The summed E-state index contributed by atoms with van der Waals surface area (Å²) in [6.07, 6.45) is -1.04. The Balaban J connectivity index is 1.40. The van der Waals surface area contributed by atoms with E-state index < -0.39 is 40.8 Å². The van der Waals surface area contributed by atoms with Crippen molar-refractivity contribution in [2.24, 2.45) is 5.10 Å². The highest BCUT2D eigenvalue weighted by Crippen LogP contribution is 2.35. The van der Waals surface area contributed by atoms with Crippen LogP contribution >= 0.6 is 11.6 Å². The van der Waals surface area contributed by atoms with Crippen molar-refractivity contribution in [3.63, 3.8) is 0 Å². The number of urea groups is 1. The van der Waals surface area contributed by atoms with Crippen LogP contribution in [0.15, 0.2) is 78.0 Å². The second kappa shape index (κ2) is 14.6. The first-order valence-electron chi connectivity index (χ1n) is 14.7. The molecule has 3 aromatic carbocycles. The molecule has 1 aliphatic heterocycles. The lowest BCUT2D eigenvalue weighted by Crippen LogP contribution is -2.42. The molecule has 2 heterocycles. The Morgan fingerprint density at radius 1 is 1.04 bits per heavy atom. The average molecular weight is 684 g/mol. The molecule has 0 saturated carbocycles. The predicted molar refractivity (Wildman–Crippen MR) is 170 cm³/mol. The summed E-state index contributed by atoms with van der Waals surface area (Å²) < 4.78 is 41.2. The first kappa shape index (κ1) is 34.1. The number of rotatable bonds is 9. The molecule has 0 aliphatic carbocycles. The number of piperidine rings is 1. The molecular weight excluding hydrogens is 655 g/mol. The number of anilines is 2. The van der Waals surface area contributed by atoms with Crippen molar-refractivity contribution in [2.75, 3.05) is 22.9 Å². The Bertz CT molecular complexity index is 1830. The van der Waals surface area contributed by atoms with Crippen LogP contribution in [0.3, 0.4) is 0 Å². The van der Waals surface area contributed by atoms with E-state index in [0.717, 1.165) is 61.3 Å². The van der Waals surface area contributed by atoms with Gasteiger partial charge in [-0.15, -0.1) is 5.10 Å². The van der Waals surface area contributed by atoms with Crippen LogP contribution in [0.25, 0.3) is 0 Å². The maximum absolute atomic E-state index is 13.9. The number of benzene rings is 3. The summed E-state index contributed by atoms with van der Waals surface area (Å²) in [5, 5.41) is 29.5. The smallest absolute Gasteiger partial charge is 0.417 e. The fourth-order valence-corrected chi connectivity index (χ4v) is 5.33. The SMILES string of the molecule is O=C(O)C(O)c1cn(Cc2cccc(C(=O)N(C(=O)NN=Cc3ccc(Cl)c(C(F)(F)F)c3)c3ccc(N4CCCCC4)cc3)c2)nn1. The number of imide groups is 1. The van der Waals surface area contributed by atoms with Crippen molar-refractivity contribution in [1.29, 1.82) is 0 Å². The zero-order valence-electron chi connectivity index (χ0n) is 25.1. The van der Waals surface area contributed by atoms with Gasteiger partial charge in [0.1, 0.15) is 5.69 Å². The number of halogens is 4. The molecule has 1 aliphatic rings. The standard InChI is InChI=1S/C32H29ClF3N7O5/c33-26-12-7-20(16-25(26)32(34,35)36)17-37-39-31(48)43(24-10-8-23(9-11-24)41-13-2-1-3-14-41)29(45)22-6-4-5-21(15-22)18-42-19-27(38-40-42)28(44)30(46)47/h4-12,15-17,19,28,44H,1-3,13-14,18H2,(H,39,48)(H,46,47). The number of amides is 3. The van der Waals surface area contributed by atoms with Gasteiger partial charge < -0.3 is 15.1 Å². The molecule has 12 nitrogen and oxygen atoms in total. The van der Waals surface area contributed by atoms with Crippen LogP contribution in [0, 0.1) is 0 Å². The molecule has 48 heavy (non-hydrogen) atoms. The number of aromatic nitrogens is 3. The minimum atomic E-state index is -4.70. The average Bonchev–Trinajstić information content (AvgIpc) is 3.53. The Labute approximate surface area is 277 Å². The maximum Gasteiger partial charge on any atom is 0.417 e. The zero-order valence-corrected chi connectivity index (χ0v) is 25.9. The van der Waals surface area contributed by atoms with E-state index in [2.05, 4.69) is 25.7 Å². The first-order chi connectivity index (χ1) is 22.9. The van der Waals surface area contributed by atoms with Crippen LogP contribution in [-0.4, -0.2) is 62.4 Å². The van der Waals surface area contributed by atoms with E-state index in [-0.39, 0.29) is 29.1 Å². The highest BCUT2D eigenvalue weighted by Gasteiger charge is 2.33. The van der Waals surface area contributed by atoms with Crippen molar-refractivity contribution in [3.05, 3.63) is 106 Å². The number of carboxylic acid groups (broad SMARTS) is 1. The number of aliphatic carboxylic acids is 1. The Morgan fingerprint density at radius 2 is 1.77 bits per heavy atom. The minimum Gasteiger partial charge on any atom is -0.479 e. The lowest BCUT2D eigenvalue weighted by Gasteiger charge is -2.29. The van der Waals surface area contributed by atoms with Gasteiger partial charge in [0.15, 0.2) is 6.10 Å². The third-order valence-electron chi connectivity index (χ3n) is 7.49. The molecule has 3 amide bonds. The molecule has 4 aromatic rings. The number of carboxylic acids is 1. The minimum absolute atomic E-state index is 0.00984. The largest absolute Gasteiger partial charge is 0.479 e. The van der Waals surface area contributed by atoms with Gasteiger partial charge in [0, 0.05) is 24.3 Å². The summed E-state index contributed by atoms with van der Waals surface area (Å²) in [7, 11) is 0. The van der Waals surface area contributed by atoms with Crippen molar-refractivity contribution in [1.82, 2.24) is 20.4 Å². The van der Waals surface area contributed by atoms with Gasteiger partial charge in [-0.1, -0.05) is 35.0 Å². The molecule has 1 unspecified atom stereocenters. The highest BCUT2D eigenvalue weighted by molar-refractivity contribution is 6.31. The normalized spacial score (nSPS) is 14.1. The maximum atomic E-state index is 13.9. The summed E-state index contributed by atoms with van der Waals surface area (Å²) >= 11 is 5.69. The van der Waals surface area contributed by atoms with Gasteiger partial charge in [-0.25, -0.2) is 24.6 Å². The molecule has 0 bridgehead atoms. The van der Waals surface area contributed by atoms with Gasteiger partial charge in [0.05, 0.1) is 35.2 Å². The van der Waals surface area contributed by atoms with Crippen LogP contribution in [0.1, 0.15) is 58.1 Å². The molecule has 1 fully saturated rings. The molecule has 16 heteroatoms. The van der Waals surface area contributed by atoms with E-state index in [0.29, 0.717) is 5.56 Å². The number of nitrogens with one attached hydrogen (secondary N) is 1. The number of hydrogen-bond donors (Lipinski definition) is 3. The molecule has 1 atom stereocenters. The second-order valence-electron chi connectivity index (χ2n) is 10.9. The van der Waals surface area contributed by atoms with E-state index in [1.807, 2.05) is 0 Å². The quantitative estimate of drug-likeness (QED) is 0.155. The number of aliphatic hydroxyl groups is 1. The van der Waals surface area contributed by atoms with Crippen molar-refractivity contribution in [2.45, 2.75) is 38.1 Å². The molecule has 1 aromatic heterocycles. The summed E-state index contributed by atoms with van der Waals surface area (Å²) in [6.45, 7) is 1.82. The molecule has 0 radical (unpaired) electrons. The lowest BCUT2D eigenvalue weighted by molar-refractivity contribution is -0.147. The summed E-state index contributed by atoms with van der Waals surface area (Å²) in [4.78, 5) is 41.5. The van der Waals surface area contributed by atoms with Crippen LogP contribution in [-0.2, 0) is 17.5 Å². The van der Waals surface area contributed by atoms with Gasteiger partial charge in [0.2, 0.25) is 0 Å². The van der Waals surface area contributed by atoms with Gasteiger partial charge in [-0.3, -0.25) is 4.79 Å². The topological polar surface area (TPSA) is 153 Å². The van der Waals surface area contributed by atoms with E-state index in [9.17, 15) is 32.7 Å². The number of alkyl halides is 3. The number of aliphatic hydroxyl groups excluding tert-OH is 1. The number of hydrazone groups is 1. The van der Waals surface area contributed by atoms with E-state index in [1.165, 1.54) is 29.1 Å². The van der Waals surface area contributed by atoms with Crippen molar-refractivity contribution in [3.8, 4) is 0 Å². The molecule has 250 valence electrons. The van der Waals surface area contributed by atoms with Crippen LogP contribution < -0.4 is 15.2 Å². The third-order valence-corrected chi connectivity index (χ3v) is 7.82. The fourth-order valence-electron chi connectivity index (χ4n) is 5.11. The lowest BCUT2D eigenvalue weighted by atomic mass is 10.1. The Kier molecular flexibility index (Phi) is 10.4. The van der Waals surface area contributed by atoms with Crippen LogP contribution in [0.4, 0.5) is 29.3 Å². The van der Waals surface area contributed by atoms with Gasteiger partial charge >= 0.3 is 18.2 Å². The van der Waals surface area contributed by atoms with Gasteiger partial charge in [-0.05, 0) is 78.9 Å². The zero-order chi connectivity index (χ0) is 34.4. The third kappa shape index (κ3) is 8.16. The van der Waals surface area contributed by atoms with E-state index >= 15 is 0 Å². The van der Waals surface area contributed by atoms with Crippen LogP contribution in [0.2, 0.25) is 5.02 Å². The van der Waals surface area contributed by atoms with Gasteiger partial charge in [-0.2, -0.15) is 18.3 Å². The van der Waals surface area contributed by atoms with Crippen molar-refractivity contribution < 1.29 is 37.8 Å². The van der Waals surface area contributed by atoms with E-state index in [1.54, 1.807) is 36.4 Å².